The molecule has 0 unspecified atom stereocenters. The van der Waals surface area contributed by atoms with Gasteiger partial charge < -0.3 is 10.0 Å². The monoisotopic (exact) mass is 284 g/mol. The summed E-state index contributed by atoms with van der Waals surface area (Å²) in [6, 6.07) is -0.315. The highest BCUT2D eigenvalue weighted by atomic mass is 32.1. The molecular weight excluding hydrogens is 268 g/mol. The minimum Gasteiger partial charge on any atom is -0.481 e. The zero-order valence-corrected chi connectivity index (χ0v) is 11.6. The Morgan fingerprint density at radius 2 is 2.16 bits per heavy atom. The van der Waals surface area contributed by atoms with Gasteiger partial charge in [0.25, 0.3) is 0 Å². The van der Waals surface area contributed by atoms with Crippen LogP contribution in [0.15, 0.2) is 0 Å². The molecule has 0 spiro atoms. The number of carboxylic acids is 1. The van der Waals surface area contributed by atoms with E-state index in [1.165, 1.54) is 16.2 Å². The van der Waals surface area contributed by atoms with Gasteiger partial charge in [0, 0.05) is 19.5 Å². The number of aliphatic carboxylic acids is 1. The van der Waals surface area contributed by atoms with Crippen molar-refractivity contribution >= 4 is 28.5 Å². The highest BCUT2D eigenvalue weighted by Crippen LogP contribution is 2.21. The molecule has 2 N–H and O–H groups in total. The number of nitrogens with one attached hydrogen (secondary N) is 1. The number of rotatable bonds is 4. The van der Waals surface area contributed by atoms with E-state index in [9.17, 15) is 9.59 Å². The molecule has 2 amide bonds. The van der Waals surface area contributed by atoms with Gasteiger partial charge in [-0.15, -0.1) is 10.2 Å². The normalized spacial score (nSPS) is 15.4. The molecule has 1 fully saturated rings. The summed E-state index contributed by atoms with van der Waals surface area (Å²) in [4.78, 5) is 23.8. The predicted octanol–water partition coefficient (Wildman–Crippen LogP) is 1.28. The summed E-state index contributed by atoms with van der Waals surface area (Å²) < 4.78 is 0. The van der Waals surface area contributed by atoms with E-state index in [2.05, 4.69) is 29.4 Å². The third-order valence-electron chi connectivity index (χ3n) is 2.78. The van der Waals surface area contributed by atoms with Gasteiger partial charge in [-0.05, 0) is 5.92 Å². The largest absolute Gasteiger partial charge is 0.481 e. The number of carboxylic acid groups (broad SMARTS) is 1. The molecule has 0 aliphatic carbocycles. The topological polar surface area (TPSA) is 95.4 Å². The van der Waals surface area contributed by atoms with Gasteiger partial charge in [-0.1, -0.05) is 25.2 Å². The van der Waals surface area contributed by atoms with Gasteiger partial charge in [-0.2, -0.15) is 0 Å². The van der Waals surface area contributed by atoms with E-state index in [1.807, 2.05) is 0 Å². The average Bonchev–Trinajstić information content (AvgIpc) is 2.61. The van der Waals surface area contributed by atoms with E-state index in [0.717, 1.165) is 11.4 Å². The van der Waals surface area contributed by atoms with Crippen molar-refractivity contribution in [1.82, 2.24) is 15.1 Å². The highest BCUT2D eigenvalue weighted by Gasteiger charge is 2.35. The van der Waals surface area contributed by atoms with Crippen LogP contribution in [-0.2, 0) is 11.2 Å². The maximum atomic E-state index is 11.8. The molecular formula is C11H16N4O3S. The van der Waals surface area contributed by atoms with Crippen LogP contribution >= 0.6 is 11.3 Å². The number of carbonyl (C=O) groups excluding carboxylic acids is 1. The SMILES string of the molecule is CC(C)Cc1nnc(NC(=O)N2CC(C(=O)O)C2)s1. The lowest BCUT2D eigenvalue weighted by atomic mass is 10.0. The van der Waals surface area contributed by atoms with Crippen molar-refractivity contribution < 1.29 is 14.7 Å². The van der Waals surface area contributed by atoms with E-state index in [1.54, 1.807) is 0 Å². The molecule has 8 heteroatoms. The van der Waals surface area contributed by atoms with Gasteiger partial charge in [0.2, 0.25) is 5.13 Å². The number of urea groups is 1. The third-order valence-corrected chi connectivity index (χ3v) is 3.64. The lowest BCUT2D eigenvalue weighted by Crippen LogP contribution is -2.54. The number of carbonyl (C=O) groups is 2. The Hall–Kier alpha value is -1.70. The van der Waals surface area contributed by atoms with Crippen LogP contribution in [0.25, 0.3) is 0 Å². The first-order chi connectivity index (χ1) is 8.95. The number of anilines is 1. The first-order valence-corrected chi connectivity index (χ1v) is 6.88. The Balaban J connectivity index is 1.83. The van der Waals surface area contributed by atoms with E-state index >= 15 is 0 Å². The number of amides is 2. The van der Waals surface area contributed by atoms with Gasteiger partial charge in [0.1, 0.15) is 5.01 Å². The van der Waals surface area contributed by atoms with Crippen LogP contribution in [0.4, 0.5) is 9.93 Å². The molecule has 0 atom stereocenters. The molecule has 1 aromatic heterocycles. The smallest absolute Gasteiger partial charge is 0.323 e. The van der Waals surface area contributed by atoms with Gasteiger partial charge in [-0.25, -0.2) is 4.79 Å². The minimum absolute atomic E-state index is 0.249. The zero-order valence-electron chi connectivity index (χ0n) is 10.8. The lowest BCUT2D eigenvalue weighted by molar-refractivity contribution is -0.145. The van der Waals surface area contributed by atoms with Gasteiger partial charge >= 0.3 is 12.0 Å². The Kier molecular flexibility index (Phi) is 3.98. The summed E-state index contributed by atoms with van der Waals surface area (Å²) in [5.74, 6) is -0.820. The number of likely N-dealkylation sites (tertiary alicyclic amines) is 1. The molecule has 1 saturated heterocycles. The van der Waals surface area contributed by atoms with Crippen molar-refractivity contribution in [3.63, 3.8) is 0 Å². The summed E-state index contributed by atoms with van der Waals surface area (Å²) >= 11 is 1.35. The molecule has 19 heavy (non-hydrogen) atoms. The molecule has 7 nitrogen and oxygen atoms in total. The molecule has 104 valence electrons. The van der Waals surface area contributed by atoms with Crippen molar-refractivity contribution in [2.24, 2.45) is 11.8 Å². The molecule has 1 aliphatic heterocycles. The van der Waals surface area contributed by atoms with E-state index in [-0.39, 0.29) is 19.1 Å². The maximum Gasteiger partial charge on any atom is 0.323 e. The standard InChI is InChI=1S/C11H16N4O3S/c1-6(2)3-8-13-14-10(19-8)12-11(18)15-4-7(5-15)9(16)17/h6-7H,3-5H2,1-2H3,(H,16,17)(H,12,14,18). The Morgan fingerprint density at radius 1 is 1.47 bits per heavy atom. The molecule has 0 radical (unpaired) electrons. The predicted molar refractivity (Wildman–Crippen MR) is 70.2 cm³/mol. The maximum absolute atomic E-state index is 11.8. The summed E-state index contributed by atoms with van der Waals surface area (Å²) in [6.07, 6.45) is 0.832. The fraction of sp³-hybridized carbons (Fsp3) is 0.636. The quantitative estimate of drug-likeness (QED) is 0.868. The zero-order chi connectivity index (χ0) is 14.0. The molecule has 0 aromatic carbocycles. The van der Waals surface area contributed by atoms with Crippen molar-refractivity contribution in [2.45, 2.75) is 20.3 Å². The number of hydrogen-bond acceptors (Lipinski definition) is 5. The second-order valence-electron chi connectivity index (χ2n) is 4.97. The first-order valence-electron chi connectivity index (χ1n) is 6.07. The van der Waals surface area contributed by atoms with Crippen LogP contribution in [0.2, 0.25) is 0 Å². The van der Waals surface area contributed by atoms with Crippen LogP contribution in [0, 0.1) is 11.8 Å². The second kappa shape index (κ2) is 5.52. The van der Waals surface area contributed by atoms with E-state index < -0.39 is 11.9 Å². The van der Waals surface area contributed by atoms with E-state index in [4.69, 9.17) is 5.11 Å². The number of hydrogen-bond donors (Lipinski definition) is 2. The molecule has 2 heterocycles. The van der Waals surface area contributed by atoms with Crippen LogP contribution in [-0.4, -0.2) is 45.3 Å². The van der Waals surface area contributed by atoms with Crippen molar-refractivity contribution in [2.75, 3.05) is 18.4 Å². The first kappa shape index (κ1) is 13.7. The van der Waals surface area contributed by atoms with Crippen LogP contribution in [0.5, 0.6) is 0 Å². The molecule has 0 saturated carbocycles. The molecule has 1 aromatic rings. The summed E-state index contributed by atoms with van der Waals surface area (Å²) in [5, 5.41) is 20.6. The second-order valence-corrected chi connectivity index (χ2v) is 6.03. The van der Waals surface area contributed by atoms with Crippen molar-refractivity contribution in [1.29, 1.82) is 0 Å². The number of nitrogens with zero attached hydrogens (tertiary/aromatic N) is 3. The van der Waals surface area contributed by atoms with Crippen molar-refractivity contribution in [3.05, 3.63) is 5.01 Å². The fourth-order valence-electron chi connectivity index (χ4n) is 1.71. The molecule has 1 aliphatic rings. The third kappa shape index (κ3) is 3.40. The van der Waals surface area contributed by atoms with Crippen LogP contribution < -0.4 is 5.32 Å². The van der Waals surface area contributed by atoms with Gasteiger partial charge in [-0.3, -0.25) is 10.1 Å². The summed E-state index contributed by atoms with van der Waals surface area (Å²) in [7, 11) is 0. The van der Waals surface area contributed by atoms with E-state index in [0.29, 0.717) is 11.0 Å². The average molecular weight is 284 g/mol. The van der Waals surface area contributed by atoms with Gasteiger partial charge in [0.15, 0.2) is 0 Å². The molecule has 2 rings (SSSR count). The lowest BCUT2D eigenvalue weighted by Gasteiger charge is -2.36. The molecule has 0 bridgehead atoms. The Labute approximate surface area is 114 Å². The van der Waals surface area contributed by atoms with Gasteiger partial charge in [0.05, 0.1) is 5.92 Å². The Bertz CT molecular complexity index is 482. The fourth-order valence-corrected chi connectivity index (χ4v) is 2.65. The summed E-state index contributed by atoms with van der Waals surface area (Å²) in [5.41, 5.74) is 0. The highest BCUT2D eigenvalue weighted by molar-refractivity contribution is 7.15. The van der Waals surface area contributed by atoms with Crippen molar-refractivity contribution in [3.8, 4) is 0 Å². The summed E-state index contributed by atoms with van der Waals surface area (Å²) in [6.45, 7) is 4.68. The minimum atomic E-state index is -0.862. The van der Waals surface area contributed by atoms with Crippen LogP contribution in [0.3, 0.4) is 0 Å². The Morgan fingerprint density at radius 3 is 2.74 bits per heavy atom. The van der Waals surface area contributed by atoms with Crippen LogP contribution in [0.1, 0.15) is 18.9 Å². The number of aromatic nitrogens is 2.